The van der Waals surface area contributed by atoms with Crippen LogP contribution < -0.4 is 10.6 Å². The summed E-state index contributed by atoms with van der Waals surface area (Å²) in [5.74, 6) is 2.66. The van der Waals surface area contributed by atoms with Gasteiger partial charge in [0.15, 0.2) is 11.6 Å². The zero-order chi connectivity index (χ0) is 17.5. The van der Waals surface area contributed by atoms with Crippen LogP contribution in [0, 0.1) is 6.92 Å². The van der Waals surface area contributed by atoms with Gasteiger partial charge in [-0.1, -0.05) is 36.4 Å². The second-order valence-corrected chi connectivity index (χ2v) is 6.58. The van der Waals surface area contributed by atoms with Gasteiger partial charge < -0.3 is 9.40 Å². The minimum absolute atomic E-state index is 0.210. The first-order chi connectivity index (χ1) is 12.8. The molecule has 5 heteroatoms. The SMILES string of the molecule is Cc1[nH]c(-c2ccc(C3C=c4[nH]ncc4=CC3)o2)nc1-c1ccccc1. The predicted octanol–water partition coefficient (Wildman–Crippen LogP) is 3.12. The van der Waals surface area contributed by atoms with Crippen molar-refractivity contribution >= 4 is 12.2 Å². The minimum atomic E-state index is 0.210. The Morgan fingerprint density at radius 1 is 1.12 bits per heavy atom. The lowest BCUT2D eigenvalue weighted by Gasteiger charge is -2.09. The van der Waals surface area contributed by atoms with Gasteiger partial charge in [-0.2, -0.15) is 5.10 Å². The van der Waals surface area contributed by atoms with Gasteiger partial charge in [-0.15, -0.1) is 0 Å². The normalized spacial score (nSPS) is 16.0. The van der Waals surface area contributed by atoms with Crippen LogP contribution in [-0.4, -0.2) is 20.2 Å². The van der Waals surface area contributed by atoms with Crippen LogP contribution >= 0.6 is 0 Å². The van der Waals surface area contributed by atoms with Gasteiger partial charge >= 0.3 is 0 Å². The molecular formula is C21H18N4O. The van der Waals surface area contributed by atoms with Crippen molar-refractivity contribution < 1.29 is 4.42 Å². The molecule has 1 aliphatic rings. The smallest absolute Gasteiger partial charge is 0.174 e. The van der Waals surface area contributed by atoms with Gasteiger partial charge in [0.2, 0.25) is 0 Å². The highest BCUT2D eigenvalue weighted by atomic mass is 16.3. The molecule has 0 saturated heterocycles. The van der Waals surface area contributed by atoms with Crippen LogP contribution in [0.1, 0.15) is 23.8 Å². The lowest BCUT2D eigenvalue weighted by Crippen LogP contribution is -2.26. The van der Waals surface area contributed by atoms with Crippen LogP contribution in [-0.2, 0) is 0 Å². The average Bonchev–Trinajstić information content (AvgIpc) is 3.40. The van der Waals surface area contributed by atoms with Crippen molar-refractivity contribution in [3.63, 3.8) is 0 Å². The maximum Gasteiger partial charge on any atom is 0.174 e. The third-order valence-electron chi connectivity index (χ3n) is 4.82. The topological polar surface area (TPSA) is 70.5 Å². The van der Waals surface area contributed by atoms with Crippen molar-refractivity contribution in [3.8, 4) is 22.8 Å². The van der Waals surface area contributed by atoms with E-state index in [-0.39, 0.29) is 5.92 Å². The van der Waals surface area contributed by atoms with E-state index in [1.54, 1.807) is 0 Å². The Hall–Kier alpha value is -3.34. The Kier molecular flexibility index (Phi) is 3.38. The molecule has 1 aliphatic carbocycles. The molecule has 0 radical (unpaired) electrons. The molecule has 1 unspecified atom stereocenters. The molecule has 4 aromatic rings. The van der Waals surface area contributed by atoms with E-state index in [2.05, 4.69) is 39.5 Å². The summed E-state index contributed by atoms with van der Waals surface area (Å²) in [6.45, 7) is 2.03. The maximum absolute atomic E-state index is 6.13. The first-order valence-electron chi connectivity index (χ1n) is 8.71. The van der Waals surface area contributed by atoms with Gasteiger partial charge in [0, 0.05) is 22.4 Å². The molecule has 5 rings (SSSR count). The van der Waals surface area contributed by atoms with Crippen molar-refractivity contribution in [2.75, 3.05) is 0 Å². The number of benzene rings is 1. The first-order valence-corrected chi connectivity index (χ1v) is 8.71. The van der Waals surface area contributed by atoms with E-state index in [9.17, 15) is 0 Å². The lowest BCUT2D eigenvalue weighted by atomic mass is 9.98. The third-order valence-corrected chi connectivity index (χ3v) is 4.82. The summed E-state index contributed by atoms with van der Waals surface area (Å²) in [6.07, 6.45) is 7.13. The zero-order valence-electron chi connectivity index (χ0n) is 14.4. The fourth-order valence-electron chi connectivity index (χ4n) is 3.46. The van der Waals surface area contributed by atoms with Gasteiger partial charge in [-0.05, 0) is 31.6 Å². The Labute approximate surface area is 150 Å². The highest BCUT2D eigenvalue weighted by Crippen LogP contribution is 2.30. The van der Waals surface area contributed by atoms with E-state index >= 15 is 0 Å². The number of aryl methyl sites for hydroxylation is 1. The number of fused-ring (bicyclic) bond motifs is 1. The fraction of sp³-hybridized carbons (Fsp3) is 0.143. The van der Waals surface area contributed by atoms with E-state index < -0.39 is 0 Å². The van der Waals surface area contributed by atoms with Gasteiger partial charge in [-0.25, -0.2) is 4.98 Å². The monoisotopic (exact) mass is 342 g/mol. The molecule has 3 heterocycles. The van der Waals surface area contributed by atoms with Crippen LogP contribution in [0.2, 0.25) is 0 Å². The molecule has 0 spiro atoms. The molecule has 1 atom stereocenters. The molecule has 1 aromatic carbocycles. The second kappa shape index (κ2) is 5.88. The molecule has 0 aliphatic heterocycles. The highest BCUT2D eigenvalue weighted by Gasteiger charge is 2.18. The first kappa shape index (κ1) is 15.0. The molecule has 128 valence electrons. The van der Waals surface area contributed by atoms with Crippen LogP contribution in [0.4, 0.5) is 0 Å². The van der Waals surface area contributed by atoms with Crippen molar-refractivity contribution in [1.82, 2.24) is 20.2 Å². The number of rotatable bonds is 3. The summed E-state index contributed by atoms with van der Waals surface area (Å²) in [6, 6.07) is 14.2. The van der Waals surface area contributed by atoms with E-state index in [0.717, 1.165) is 51.3 Å². The van der Waals surface area contributed by atoms with Gasteiger partial charge in [0.05, 0.1) is 17.2 Å². The summed E-state index contributed by atoms with van der Waals surface area (Å²) in [7, 11) is 0. The molecule has 3 aromatic heterocycles. The number of nitrogens with one attached hydrogen (secondary N) is 2. The Bertz CT molecular complexity index is 1180. The van der Waals surface area contributed by atoms with Crippen molar-refractivity contribution in [2.45, 2.75) is 19.3 Å². The van der Waals surface area contributed by atoms with E-state index in [0.29, 0.717) is 0 Å². The summed E-state index contributed by atoms with van der Waals surface area (Å²) in [4.78, 5) is 8.10. The Morgan fingerprint density at radius 3 is 2.88 bits per heavy atom. The highest BCUT2D eigenvalue weighted by molar-refractivity contribution is 5.65. The number of nitrogens with zero attached hydrogens (tertiary/aromatic N) is 2. The van der Waals surface area contributed by atoms with Crippen molar-refractivity contribution in [3.05, 3.63) is 70.7 Å². The van der Waals surface area contributed by atoms with E-state index in [1.807, 2.05) is 43.5 Å². The maximum atomic E-state index is 6.13. The molecular weight excluding hydrogens is 324 g/mol. The molecule has 26 heavy (non-hydrogen) atoms. The standard InChI is InChI=1S/C21H18N4O/c1-13-20(14-5-3-2-4-6-14)24-21(23-13)19-10-9-18(26-19)15-7-8-16-12-22-25-17(16)11-15/h2-6,8-12,15,25H,7H2,1H3,(H,23,24). The number of aromatic nitrogens is 4. The van der Waals surface area contributed by atoms with Crippen LogP contribution in [0.3, 0.4) is 0 Å². The number of hydrogen-bond donors (Lipinski definition) is 2. The fourth-order valence-corrected chi connectivity index (χ4v) is 3.46. The summed E-state index contributed by atoms with van der Waals surface area (Å²) >= 11 is 0. The molecule has 0 bridgehead atoms. The van der Waals surface area contributed by atoms with Crippen LogP contribution in [0.15, 0.2) is 53.1 Å². The number of H-pyrrole nitrogens is 2. The summed E-state index contributed by atoms with van der Waals surface area (Å²) < 4.78 is 6.13. The number of hydrogen-bond acceptors (Lipinski definition) is 3. The molecule has 0 saturated carbocycles. The predicted molar refractivity (Wildman–Crippen MR) is 101 cm³/mol. The quantitative estimate of drug-likeness (QED) is 0.601. The third kappa shape index (κ3) is 2.49. The van der Waals surface area contributed by atoms with Gasteiger partial charge in [0.1, 0.15) is 5.76 Å². The van der Waals surface area contributed by atoms with E-state index in [4.69, 9.17) is 9.40 Å². The lowest BCUT2D eigenvalue weighted by molar-refractivity contribution is 0.507. The van der Waals surface area contributed by atoms with Crippen LogP contribution in [0.25, 0.3) is 35.0 Å². The van der Waals surface area contributed by atoms with Gasteiger partial charge in [0.25, 0.3) is 0 Å². The van der Waals surface area contributed by atoms with Crippen molar-refractivity contribution in [1.29, 1.82) is 0 Å². The zero-order valence-corrected chi connectivity index (χ0v) is 14.4. The number of furan rings is 1. The van der Waals surface area contributed by atoms with E-state index in [1.165, 1.54) is 0 Å². The van der Waals surface area contributed by atoms with Crippen molar-refractivity contribution in [2.24, 2.45) is 0 Å². The molecule has 0 amide bonds. The number of imidazole rings is 1. The summed E-state index contributed by atoms with van der Waals surface area (Å²) in [5, 5.41) is 9.33. The largest absolute Gasteiger partial charge is 0.457 e. The molecule has 0 fully saturated rings. The molecule has 2 N–H and O–H groups in total. The molecule has 5 nitrogen and oxygen atoms in total. The van der Waals surface area contributed by atoms with Gasteiger partial charge in [-0.3, -0.25) is 5.10 Å². The summed E-state index contributed by atoms with van der Waals surface area (Å²) in [5.41, 5.74) is 3.09. The average molecular weight is 342 g/mol. The van der Waals surface area contributed by atoms with Crippen LogP contribution in [0.5, 0.6) is 0 Å². The minimum Gasteiger partial charge on any atom is -0.457 e. The Morgan fingerprint density at radius 2 is 2.00 bits per heavy atom. The Balaban J connectivity index is 1.48. The number of aromatic amines is 2. The second-order valence-electron chi connectivity index (χ2n) is 6.58.